The van der Waals surface area contributed by atoms with Crippen LogP contribution in [-0.2, 0) is 0 Å². The van der Waals surface area contributed by atoms with Gasteiger partial charge in [0.1, 0.15) is 5.75 Å². The minimum atomic E-state index is -5.08. The van der Waals surface area contributed by atoms with E-state index in [1.807, 2.05) is 0 Å². The van der Waals surface area contributed by atoms with Crippen LogP contribution in [0.1, 0.15) is 0 Å². The van der Waals surface area contributed by atoms with Crippen LogP contribution in [0.3, 0.4) is 0 Å². The highest BCUT2D eigenvalue weighted by Crippen LogP contribution is 2.30. The molecule has 0 amide bonds. The minimum Gasteiger partial charge on any atom is -0.450 e. The van der Waals surface area contributed by atoms with E-state index in [0.29, 0.717) is 0 Å². The van der Waals surface area contributed by atoms with Crippen LogP contribution in [-0.4, -0.2) is 12.5 Å². The molecule has 1 unspecified atom stereocenters. The fourth-order valence-corrected chi connectivity index (χ4v) is 0.853. The molecule has 0 saturated heterocycles. The van der Waals surface area contributed by atoms with Crippen molar-refractivity contribution in [2.24, 2.45) is 0 Å². The molecule has 0 fully saturated rings. The lowest BCUT2D eigenvalue weighted by Gasteiger charge is -2.15. The molecule has 0 radical (unpaired) electrons. The number of alkyl halides is 4. The molecular formula is C8H10Cl2F4N2O. The van der Waals surface area contributed by atoms with Crippen LogP contribution in [0.25, 0.3) is 0 Å². The largest absolute Gasteiger partial charge is 0.457 e. The van der Waals surface area contributed by atoms with Crippen molar-refractivity contribution in [1.29, 1.82) is 0 Å². The van der Waals surface area contributed by atoms with E-state index in [1.165, 1.54) is 12.1 Å². The monoisotopic (exact) mass is 296 g/mol. The highest BCUT2D eigenvalue weighted by Gasteiger charge is 2.42. The maximum atomic E-state index is 12.4. The third-order valence-corrected chi connectivity index (χ3v) is 1.52. The van der Waals surface area contributed by atoms with Gasteiger partial charge in [0.2, 0.25) is 0 Å². The summed E-state index contributed by atoms with van der Waals surface area (Å²) in [5.41, 5.74) is 10.7. The number of nitrogens with two attached hydrogens (primary N) is 2. The van der Waals surface area contributed by atoms with Gasteiger partial charge in [0.15, 0.2) is 0 Å². The van der Waals surface area contributed by atoms with E-state index < -0.39 is 18.3 Å². The van der Waals surface area contributed by atoms with Crippen LogP contribution in [0.5, 0.6) is 5.75 Å². The third kappa shape index (κ3) is 5.18. The Morgan fingerprint density at radius 2 is 1.65 bits per heavy atom. The van der Waals surface area contributed by atoms with Crippen LogP contribution in [0.4, 0.5) is 28.9 Å². The number of anilines is 2. The Balaban J connectivity index is 0. The van der Waals surface area contributed by atoms with Crippen LogP contribution < -0.4 is 16.2 Å². The maximum Gasteiger partial charge on any atom is 0.457 e. The van der Waals surface area contributed by atoms with Crippen LogP contribution >= 0.6 is 24.8 Å². The Labute approximate surface area is 107 Å². The van der Waals surface area contributed by atoms with Gasteiger partial charge in [0.25, 0.3) is 0 Å². The average molecular weight is 297 g/mol. The lowest BCUT2D eigenvalue weighted by atomic mass is 10.2. The van der Waals surface area contributed by atoms with Gasteiger partial charge in [-0.15, -0.1) is 24.8 Å². The zero-order valence-corrected chi connectivity index (χ0v) is 9.83. The highest BCUT2D eigenvalue weighted by molar-refractivity contribution is 5.85. The third-order valence-electron chi connectivity index (χ3n) is 1.52. The normalized spacial score (nSPS) is 12.0. The number of ether oxygens (including phenoxy) is 1. The molecule has 0 aromatic heterocycles. The first kappa shape index (κ1) is 18.3. The van der Waals surface area contributed by atoms with Crippen LogP contribution in [0.2, 0.25) is 0 Å². The molecule has 0 saturated carbocycles. The number of rotatable bonds is 2. The van der Waals surface area contributed by atoms with E-state index in [0.717, 1.165) is 6.07 Å². The van der Waals surface area contributed by atoms with Gasteiger partial charge >= 0.3 is 12.5 Å². The molecule has 0 aliphatic heterocycles. The summed E-state index contributed by atoms with van der Waals surface area (Å²) in [6, 6.07) is 3.51. The Hall–Kier alpha value is -1.08. The summed E-state index contributed by atoms with van der Waals surface area (Å²) in [5, 5.41) is 0. The molecule has 100 valence electrons. The van der Waals surface area contributed by atoms with Gasteiger partial charge in [-0.3, -0.25) is 0 Å². The van der Waals surface area contributed by atoms with Crippen LogP contribution in [0, 0.1) is 0 Å². The number of nitrogen functional groups attached to an aromatic ring is 2. The first-order valence-corrected chi connectivity index (χ1v) is 3.83. The number of benzene rings is 1. The molecule has 0 heterocycles. The van der Waals surface area contributed by atoms with Crippen molar-refractivity contribution >= 4 is 36.2 Å². The standard InChI is InChI=1S/C8H8F4N2O.2ClH/c9-7(8(10,11)12)15-6-2-1-4(13)3-5(6)14;;/h1-3,7H,13-14H2;2*1H. The molecule has 1 rings (SSSR count). The van der Waals surface area contributed by atoms with E-state index in [9.17, 15) is 17.6 Å². The van der Waals surface area contributed by atoms with Crippen molar-refractivity contribution in [1.82, 2.24) is 0 Å². The number of halogens is 6. The van der Waals surface area contributed by atoms with Gasteiger partial charge < -0.3 is 16.2 Å². The lowest BCUT2D eigenvalue weighted by Crippen LogP contribution is -2.30. The predicted octanol–water partition coefficient (Wildman–Crippen LogP) is 2.93. The molecule has 0 bridgehead atoms. The fourth-order valence-electron chi connectivity index (χ4n) is 0.853. The summed E-state index contributed by atoms with van der Waals surface area (Å²) in [4.78, 5) is 0. The second-order valence-corrected chi connectivity index (χ2v) is 2.77. The van der Waals surface area contributed by atoms with Gasteiger partial charge in [-0.1, -0.05) is 0 Å². The molecule has 3 nitrogen and oxygen atoms in total. The van der Waals surface area contributed by atoms with Crippen molar-refractivity contribution in [2.75, 3.05) is 11.5 Å². The zero-order valence-electron chi connectivity index (χ0n) is 8.20. The van der Waals surface area contributed by atoms with Crippen molar-refractivity contribution in [3.05, 3.63) is 18.2 Å². The minimum absolute atomic E-state index is 0. The molecule has 0 aliphatic rings. The molecule has 1 atom stereocenters. The van der Waals surface area contributed by atoms with Crippen molar-refractivity contribution in [3.8, 4) is 5.75 Å². The Bertz CT molecular complexity index is 362. The summed E-state index contributed by atoms with van der Waals surface area (Å²) in [5.74, 6) is -0.394. The number of hydrogen-bond acceptors (Lipinski definition) is 3. The predicted molar refractivity (Wildman–Crippen MR) is 61.3 cm³/mol. The lowest BCUT2D eigenvalue weighted by molar-refractivity contribution is -0.236. The van der Waals surface area contributed by atoms with Gasteiger partial charge in [-0.05, 0) is 18.2 Å². The van der Waals surface area contributed by atoms with E-state index in [-0.39, 0.29) is 36.2 Å². The molecule has 1 aromatic rings. The smallest absolute Gasteiger partial charge is 0.450 e. The first-order valence-electron chi connectivity index (χ1n) is 3.83. The second kappa shape index (κ2) is 6.61. The topological polar surface area (TPSA) is 61.3 Å². The van der Waals surface area contributed by atoms with Crippen molar-refractivity contribution < 1.29 is 22.3 Å². The molecule has 9 heteroatoms. The van der Waals surface area contributed by atoms with E-state index in [4.69, 9.17) is 11.5 Å². The number of hydrogen-bond donors (Lipinski definition) is 2. The molecule has 0 spiro atoms. The zero-order chi connectivity index (χ0) is 11.6. The van der Waals surface area contributed by atoms with Gasteiger partial charge in [-0.25, -0.2) is 0 Å². The first-order chi connectivity index (χ1) is 6.80. The van der Waals surface area contributed by atoms with Gasteiger partial charge in [0, 0.05) is 5.69 Å². The van der Waals surface area contributed by atoms with Gasteiger partial charge in [-0.2, -0.15) is 17.6 Å². The van der Waals surface area contributed by atoms with E-state index >= 15 is 0 Å². The van der Waals surface area contributed by atoms with Gasteiger partial charge in [0.05, 0.1) is 5.69 Å². The summed E-state index contributed by atoms with van der Waals surface area (Å²) in [6.45, 7) is 0. The Morgan fingerprint density at radius 1 is 1.12 bits per heavy atom. The molecule has 1 aromatic carbocycles. The van der Waals surface area contributed by atoms with Crippen molar-refractivity contribution in [2.45, 2.75) is 12.5 Å². The molecular weight excluding hydrogens is 287 g/mol. The Kier molecular flexibility index (Phi) is 7.11. The van der Waals surface area contributed by atoms with Crippen molar-refractivity contribution in [3.63, 3.8) is 0 Å². The summed E-state index contributed by atoms with van der Waals surface area (Å²) in [6.07, 6.45) is -8.48. The average Bonchev–Trinajstić information content (AvgIpc) is 2.08. The van der Waals surface area contributed by atoms with E-state index in [1.54, 1.807) is 0 Å². The molecule has 17 heavy (non-hydrogen) atoms. The quantitative estimate of drug-likeness (QED) is 0.651. The van der Waals surface area contributed by atoms with E-state index in [2.05, 4.69) is 4.74 Å². The molecule has 4 N–H and O–H groups in total. The summed E-state index contributed by atoms with van der Waals surface area (Å²) >= 11 is 0. The highest BCUT2D eigenvalue weighted by atomic mass is 35.5. The summed E-state index contributed by atoms with van der Waals surface area (Å²) in [7, 11) is 0. The second-order valence-electron chi connectivity index (χ2n) is 2.77. The van der Waals surface area contributed by atoms with Crippen LogP contribution in [0.15, 0.2) is 18.2 Å². The maximum absolute atomic E-state index is 12.4. The summed E-state index contributed by atoms with van der Waals surface area (Å²) < 4.78 is 51.8. The fraction of sp³-hybridized carbons (Fsp3) is 0.250. The molecule has 0 aliphatic carbocycles. The Morgan fingerprint density at radius 3 is 2.06 bits per heavy atom. The SMILES string of the molecule is Cl.Cl.Nc1ccc(OC(F)C(F)(F)F)c(N)c1.